The van der Waals surface area contributed by atoms with Gasteiger partial charge in [-0.3, -0.25) is 4.79 Å². The molecule has 162 valence electrons. The van der Waals surface area contributed by atoms with Crippen molar-refractivity contribution in [2.24, 2.45) is 0 Å². The van der Waals surface area contributed by atoms with Crippen LogP contribution in [0.1, 0.15) is 31.0 Å². The van der Waals surface area contributed by atoms with Crippen molar-refractivity contribution >= 4 is 46.8 Å². The summed E-state index contributed by atoms with van der Waals surface area (Å²) in [6.45, 7) is 3.18. The van der Waals surface area contributed by atoms with Crippen LogP contribution in [-0.2, 0) is 14.3 Å². The smallest absolute Gasteiger partial charge is 0.349 e. The number of hydrogen-bond acceptors (Lipinski definition) is 5. The second-order valence-corrected chi connectivity index (χ2v) is 7.94. The van der Waals surface area contributed by atoms with Crippen LogP contribution < -0.4 is 10.2 Å². The summed E-state index contributed by atoms with van der Waals surface area (Å²) in [6, 6.07) is 13.7. The summed E-state index contributed by atoms with van der Waals surface area (Å²) in [6.07, 6.45) is 0.316. The highest BCUT2D eigenvalue weighted by atomic mass is 35.5. The maximum absolute atomic E-state index is 12.4. The Hall–Kier alpha value is -3.01. The molecule has 0 aromatic heterocycles. The number of carbonyl (C=O) groups excluding carboxylic acids is 2. The van der Waals surface area contributed by atoms with Crippen LogP contribution in [0.15, 0.2) is 48.0 Å². The highest BCUT2D eigenvalue weighted by molar-refractivity contribution is 6.35. The van der Waals surface area contributed by atoms with E-state index >= 15 is 0 Å². The van der Waals surface area contributed by atoms with Crippen LogP contribution in [0, 0.1) is 11.3 Å². The molecule has 0 spiro atoms. The predicted molar refractivity (Wildman–Crippen MR) is 123 cm³/mol. The van der Waals surface area contributed by atoms with Crippen LogP contribution in [0.5, 0.6) is 0 Å². The molecule has 6 nitrogen and oxygen atoms in total. The summed E-state index contributed by atoms with van der Waals surface area (Å²) >= 11 is 12.1. The summed E-state index contributed by atoms with van der Waals surface area (Å²) < 4.78 is 5.18. The summed E-state index contributed by atoms with van der Waals surface area (Å²) in [5, 5.41) is 13.0. The number of nitrogens with zero attached hydrogens (tertiary/aromatic N) is 2. The molecule has 0 aliphatic heterocycles. The Kier molecular flexibility index (Phi) is 8.49. The van der Waals surface area contributed by atoms with E-state index in [1.807, 2.05) is 37.2 Å². The summed E-state index contributed by atoms with van der Waals surface area (Å²) in [5.41, 5.74) is 2.13. The molecule has 2 aromatic rings. The number of rotatable bonds is 7. The van der Waals surface area contributed by atoms with E-state index in [0.29, 0.717) is 21.2 Å². The monoisotopic (exact) mass is 459 g/mol. The van der Waals surface area contributed by atoms with Crippen LogP contribution in [0.2, 0.25) is 10.0 Å². The predicted octanol–water partition coefficient (Wildman–Crippen LogP) is 4.78. The first kappa shape index (κ1) is 24.3. The minimum atomic E-state index is -1.10. The zero-order chi connectivity index (χ0) is 23.1. The molecule has 2 atom stereocenters. The quantitative estimate of drug-likeness (QED) is 0.366. The molecule has 0 bridgehead atoms. The van der Waals surface area contributed by atoms with Crippen LogP contribution in [-0.4, -0.2) is 32.1 Å². The molecule has 0 fully saturated rings. The molecule has 8 heteroatoms. The van der Waals surface area contributed by atoms with Gasteiger partial charge in [0.25, 0.3) is 5.91 Å². The van der Waals surface area contributed by atoms with Crippen LogP contribution >= 0.6 is 23.2 Å². The van der Waals surface area contributed by atoms with Gasteiger partial charge in [-0.15, -0.1) is 0 Å². The van der Waals surface area contributed by atoms with Crippen molar-refractivity contribution in [2.45, 2.75) is 26.0 Å². The van der Waals surface area contributed by atoms with Crippen LogP contribution in [0.3, 0.4) is 0 Å². The minimum Gasteiger partial charge on any atom is -0.448 e. The lowest BCUT2D eigenvalue weighted by Gasteiger charge is -2.19. The van der Waals surface area contributed by atoms with Crippen molar-refractivity contribution in [3.8, 4) is 6.07 Å². The number of nitriles is 1. The fraction of sp³-hybridized carbons (Fsp3) is 0.261. The van der Waals surface area contributed by atoms with E-state index in [1.165, 1.54) is 13.0 Å². The summed E-state index contributed by atoms with van der Waals surface area (Å²) in [7, 11) is 3.83. The Morgan fingerprint density at radius 1 is 1.13 bits per heavy atom. The number of anilines is 1. The Labute approximate surface area is 192 Å². The van der Waals surface area contributed by atoms with Crippen molar-refractivity contribution < 1.29 is 14.3 Å². The summed E-state index contributed by atoms with van der Waals surface area (Å²) in [4.78, 5) is 26.8. The van der Waals surface area contributed by atoms with E-state index in [2.05, 4.69) is 5.32 Å². The zero-order valence-corrected chi connectivity index (χ0v) is 19.2. The van der Waals surface area contributed by atoms with Crippen molar-refractivity contribution in [3.63, 3.8) is 0 Å². The van der Waals surface area contributed by atoms with Gasteiger partial charge in [0, 0.05) is 29.8 Å². The molecular formula is C23H23Cl2N3O3. The molecule has 2 aromatic carbocycles. The molecule has 0 radical (unpaired) electrons. The van der Waals surface area contributed by atoms with Crippen LogP contribution in [0.4, 0.5) is 5.69 Å². The van der Waals surface area contributed by atoms with Gasteiger partial charge < -0.3 is 15.0 Å². The highest BCUT2D eigenvalue weighted by Crippen LogP contribution is 2.26. The van der Waals surface area contributed by atoms with E-state index in [1.54, 1.807) is 37.3 Å². The zero-order valence-electron chi connectivity index (χ0n) is 17.6. The number of esters is 1. The third kappa shape index (κ3) is 6.74. The fourth-order valence-corrected chi connectivity index (χ4v) is 3.28. The van der Waals surface area contributed by atoms with Crippen LogP contribution in [0.25, 0.3) is 6.08 Å². The second kappa shape index (κ2) is 10.9. The van der Waals surface area contributed by atoms with Gasteiger partial charge in [-0.25, -0.2) is 4.79 Å². The maximum Gasteiger partial charge on any atom is 0.349 e. The maximum atomic E-state index is 12.4. The third-order valence-corrected chi connectivity index (χ3v) is 5.06. The van der Waals surface area contributed by atoms with E-state index in [0.717, 1.165) is 5.69 Å². The van der Waals surface area contributed by atoms with Crippen molar-refractivity contribution in [3.05, 3.63) is 69.2 Å². The number of hydrogen-bond donors (Lipinski definition) is 1. The molecule has 2 rings (SSSR count). The van der Waals surface area contributed by atoms with Gasteiger partial charge in [0.1, 0.15) is 11.6 Å². The van der Waals surface area contributed by atoms with Crippen molar-refractivity contribution in [2.75, 3.05) is 19.0 Å². The molecule has 1 N–H and O–H groups in total. The van der Waals surface area contributed by atoms with Gasteiger partial charge in [-0.05, 0) is 55.3 Å². The first-order valence-electron chi connectivity index (χ1n) is 9.48. The number of ether oxygens (including phenoxy) is 1. The molecule has 0 saturated carbocycles. The van der Waals surface area contributed by atoms with Crippen molar-refractivity contribution in [1.82, 2.24) is 5.32 Å². The topological polar surface area (TPSA) is 82.4 Å². The minimum absolute atomic E-state index is 0.203. The lowest BCUT2D eigenvalue weighted by molar-refractivity contribution is -0.151. The number of benzene rings is 2. The number of nitrogens with one attached hydrogen (secondary N) is 1. The van der Waals surface area contributed by atoms with Gasteiger partial charge in [-0.1, -0.05) is 41.4 Å². The second-order valence-electron chi connectivity index (χ2n) is 7.10. The molecule has 31 heavy (non-hydrogen) atoms. The number of carbonyl (C=O) groups is 2. The Morgan fingerprint density at radius 2 is 1.77 bits per heavy atom. The Morgan fingerprint density at radius 3 is 2.32 bits per heavy atom. The molecule has 0 aliphatic carbocycles. The lowest BCUT2D eigenvalue weighted by Crippen LogP contribution is -2.37. The molecule has 0 saturated heterocycles. The third-order valence-electron chi connectivity index (χ3n) is 4.50. The first-order valence-corrected chi connectivity index (χ1v) is 10.2. The number of halogens is 2. The van der Waals surface area contributed by atoms with Gasteiger partial charge in [0.05, 0.1) is 6.04 Å². The van der Waals surface area contributed by atoms with E-state index < -0.39 is 24.0 Å². The highest BCUT2D eigenvalue weighted by Gasteiger charge is 2.23. The summed E-state index contributed by atoms with van der Waals surface area (Å²) in [5.74, 6) is -1.39. The first-order chi connectivity index (χ1) is 14.6. The van der Waals surface area contributed by atoms with Gasteiger partial charge in [0.15, 0.2) is 6.10 Å². The Balaban J connectivity index is 2.03. The SMILES string of the molecule is C[C@H](OC(=O)/C(C#N)=C/c1ccc(N(C)C)cc1)C(=O)N[C@@H](C)c1ccc(Cl)cc1Cl. The van der Waals surface area contributed by atoms with E-state index in [-0.39, 0.29) is 5.57 Å². The molecule has 1 amide bonds. The van der Waals surface area contributed by atoms with Gasteiger partial charge in [0.2, 0.25) is 0 Å². The fourth-order valence-electron chi connectivity index (χ4n) is 2.71. The standard InChI is InChI=1S/C23H23Cl2N3O3/c1-14(20-10-7-18(24)12-21(20)25)27-22(29)15(2)31-23(30)17(13-26)11-16-5-8-19(9-6-16)28(3)4/h5-12,14-15H,1-4H3,(H,27,29)/b17-11+/t14-,15-/m0/s1. The van der Waals surface area contributed by atoms with Crippen molar-refractivity contribution in [1.29, 1.82) is 5.26 Å². The van der Waals surface area contributed by atoms with Gasteiger partial charge in [-0.2, -0.15) is 5.26 Å². The average Bonchev–Trinajstić information content (AvgIpc) is 2.71. The lowest BCUT2D eigenvalue weighted by atomic mass is 10.1. The Bertz CT molecular complexity index is 1030. The van der Waals surface area contributed by atoms with E-state index in [9.17, 15) is 14.9 Å². The molecule has 0 unspecified atom stereocenters. The van der Waals surface area contributed by atoms with Gasteiger partial charge >= 0.3 is 5.97 Å². The number of amides is 1. The van der Waals surface area contributed by atoms with E-state index in [4.69, 9.17) is 27.9 Å². The largest absolute Gasteiger partial charge is 0.448 e. The molecule has 0 heterocycles. The normalized spacial score (nSPS) is 13.0. The average molecular weight is 460 g/mol. The molecular weight excluding hydrogens is 437 g/mol. The molecule has 0 aliphatic rings.